The lowest BCUT2D eigenvalue weighted by Gasteiger charge is -2.21. The first-order valence-corrected chi connectivity index (χ1v) is 11.8. The second kappa shape index (κ2) is 9.02. The van der Waals surface area contributed by atoms with Crippen LogP contribution < -0.4 is 10.0 Å². The van der Waals surface area contributed by atoms with E-state index in [2.05, 4.69) is 15.0 Å². The summed E-state index contributed by atoms with van der Waals surface area (Å²) in [5.41, 5.74) is 1.88. The Bertz CT molecular complexity index is 1090. The molecule has 0 unspecified atom stereocenters. The molecule has 0 aliphatic rings. The Morgan fingerprint density at radius 3 is 2.55 bits per heavy atom. The van der Waals surface area contributed by atoms with E-state index in [1.807, 2.05) is 51.1 Å². The number of sulfonamides is 1. The van der Waals surface area contributed by atoms with Gasteiger partial charge in [0.2, 0.25) is 15.9 Å². The molecule has 0 saturated heterocycles. The fourth-order valence-electron chi connectivity index (χ4n) is 3.00. The third-order valence-corrected chi connectivity index (χ3v) is 6.94. The summed E-state index contributed by atoms with van der Waals surface area (Å²) in [7, 11) is -3.84. The Morgan fingerprint density at radius 2 is 1.86 bits per heavy atom. The molecule has 1 amide bonds. The summed E-state index contributed by atoms with van der Waals surface area (Å²) in [4.78, 5) is 17.1. The summed E-state index contributed by atoms with van der Waals surface area (Å²) >= 11 is 1.44. The van der Waals surface area contributed by atoms with Crippen LogP contribution >= 0.6 is 11.3 Å². The average Bonchev–Trinajstić information content (AvgIpc) is 3.06. The molecule has 3 aromatic rings. The van der Waals surface area contributed by atoms with Gasteiger partial charge in [-0.2, -0.15) is 4.72 Å². The van der Waals surface area contributed by atoms with Crippen molar-refractivity contribution in [2.75, 3.05) is 6.54 Å². The molecule has 0 aliphatic carbocycles. The first kappa shape index (κ1) is 21.4. The molecule has 1 heterocycles. The number of benzene rings is 2. The predicted molar refractivity (Wildman–Crippen MR) is 116 cm³/mol. The Balaban J connectivity index is 1.69. The van der Waals surface area contributed by atoms with Gasteiger partial charge < -0.3 is 5.32 Å². The summed E-state index contributed by atoms with van der Waals surface area (Å²) in [6, 6.07) is 13.8. The van der Waals surface area contributed by atoms with Gasteiger partial charge in [0.1, 0.15) is 6.04 Å². The fourth-order valence-corrected chi connectivity index (χ4v) is 5.31. The van der Waals surface area contributed by atoms with Crippen LogP contribution in [0.4, 0.5) is 0 Å². The Morgan fingerprint density at radius 1 is 1.14 bits per heavy atom. The monoisotopic (exact) mass is 431 g/mol. The molecule has 1 atom stereocenters. The molecule has 8 heteroatoms. The number of aromatic nitrogens is 1. The Hall–Kier alpha value is -2.29. The van der Waals surface area contributed by atoms with Crippen LogP contribution in [-0.4, -0.2) is 31.9 Å². The minimum atomic E-state index is -3.84. The van der Waals surface area contributed by atoms with Crippen molar-refractivity contribution < 1.29 is 13.2 Å². The molecule has 1 aromatic heterocycles. The van der Waals surface area contributed by atoms with Crippen molar-refractivity contribution in [1.82, 2.24) is 15.0 Å². The maximum Gasteiger partial charge on any atom is 0.241 e. The van der Waals surface area contributed by atoms with E-state index in [4.69, 9.17) is 0 Å². The predicted octanol–water partition coefficient (Wildman–Crippen LogP) is 3.27. The van der Waals surface area contributed by atoms with Gasteiger partial charge in [0, 0.05) is 6.54 Å². The largest absolute Gasteiger partial charge is 0.354 e. The van der Waals surface area contributed by atoms with E-state index in [1.54, 1.807) is 12.1 Å². The van der Waals surface area contributed by atoms with Gasteiger partial charge in [-0.05, 0) is 43.0 Å². The molecule has 0 radical (unpaired) electrons. The fraction of sp³-hybridized carbons (Fsp3) is 0.333. The average molecular weight is 432 g/mol. The van der Waals surface area contributed by atoms with Gasteiger partial charge >= 0.3 is 0 Å². The molecule has 2 aromatic carbocycles. The molecule has 0 bridgehead atoms. The van der Waals surface area contributed by atoms with Crippen LogP contribution in [0, 0.1) is 12.8 Å². The van der Waals surface area contributed by atoms with E-state index >= 15 is 0 Å². The summed E-state index contributed by atoms with van der Waals surface area (Å²) in [6.45, 7) is 5.96. The first-order valence-electron chi connectivity index (χ1n) is 9.47. The lowest BCUT2D eigenvalue weighted by molar-refractivity contribution is -0.123. The van der Waals surface area contributed by atoms with Gasteiger partial charge in [-0.15, -0.1) is 11.3 Å². The molecule has 3 rings (SSSR count). The Kier molecular flexibility index (Phi) is 6.66. The van der Waals surface area contributed by atoms with Crippen molar-refractivity contribution in [2.45, 2.75) is 38.1 Å². The van der Waals surface area contributed by atoms with E-state index in [1.165, 1.54) is 17.4 Å². The van der Waals surface area contributed by atoms with Crippen LogP contribution in [0.3, 0.4) is 0 Å². The molecular formula is C21H25N3O3S2. The quantitative estimate of drug-likeness (QED) is 0.573. The molecular weight excluding hydrogens is 406 g/mol. The van der Waals surface area contributed by atoms with Crippen LogP contribution in [0.25, 0.3) is 10.2 Å². The number of carbonyl (C=O) groups is 1. The van der Waals surface area contributed by atoms with Gasteiger partial charge in [-0.25, -0.2) is 13.4 Å². The topological polar surface area (TPSA) is 88.2 Å². The van der Waals surface area contributed by atoms with E-state index in [9.17, 15) is 13.2 Å². The van der Waals surface area contributed by atoms with Crippen molar-refractivity contribution in [1.29, 1.82) is 0 Å². The van der Waals surface area contributed by atoms with Gasteiger partial charge in [0.05, 0.1) is 20.1 Å². The molecule has 6 nitrogen and oxygen atoms in total. The lowest BCUT2D eigenvalue weighted by atomic mass is 10.0. The number of nitrogens with one attached hydrogen (secondary N) is 2. The smallest absolute Gasteiger partial charge is 0.241 e. The number of nitrogens with zero attached hydrogens (tertiary/aromatic N) is 1. The number of hydrogen-bond acceptors (Lipinski definition) is 5. The molecule has 0 aliphatic heterocycles. The third kappa shape index (κ3) is 5.41. The number of amides is 1. The van der Waals surface area contributed by atoms with Crippen LogP contribution in [0.1, 0.15) is 24.4 Å². The maximum atomic E-state index is 12.9. The SMILES string of the molecule is Cc1nc2ccc(S(=O)(=O)N[C@H](C(=O)NCCc3ccccc3)C(C)C)cc2s1. The van der Waals surface area contributed by atoms with E-state index < -0.39 is 16.1 Å². The standard InChI is InChI=1S/C21H25N3O3S2/c1-14(2)20(21(25)22-12-11-16-7-5-4-6-8-16)24-29(26,27)17-9-10-18-19(13-17)28-15(3)23-18/h4-10,13-14,20,24H,11-12H2,1-3H3,(H,22,25)/t20-/m0/s1. The normalized spacial score (nSPS) is 13.0. The first-order chi connectivity index (χ1) is 13.8. The van der Waals surface area contributed by atoms with Crippen LogP contribution in [-0.2, 0) is 21.2 Å². The zero-order valence-electron chi connectivity index (χ0n) is 16.7. The van der Waals surface area contributed by atoms with Crippen molar-refractivity contribution >= 4 is 37.5 Å². The lowest BCUT2D eigenvalue weighted by Crippen LogP contribution is -2.49. The van der Waals surface area contributed by atoms with Crippen molar-refractivity contribution in [2.24, 2.45) is 5.92 Å². The van der Waals surface area contributed by atoms with E-state index in [0.29, 0.717) is 13.0 Å². The minimum Gasteiger partial charge on any atom is -0.354 e. The maximum absolute atomic E-state index is 12.9. The number of hydrogen-bond donors (Lipinski definition) is 2. The van der Waals surface area contributed by atoms with Gasteiger partial charge in [0.25, 0.3) is 0 Å². The number of fused-ring (bicyclic) bond motifs is 1. The molecule has 29 heavy (non-hydrogen) atoms. The highest BCUT2D eigenvalue weighted by Crippen LogP contribution is 2.25. The highest BCUT2D eigenvalue weighted by Gasteiger charge is 2.28. The molecule has 0 spiro atoms. The highest BCUT2D eigenvalue weighted by atomic mass is 32.2. The second-order valence-corrected chi connectivity index (χ2v) is 10.2. The van der Waals surface area contributed by atoms with E-state index in [0.717, 1.165) is 20.8 Å². The molecule has 0 saturated carbocycles. The number of aryl methyl sites for hydroxylation is 1. The van der Waals surface area contributed by atoms with Crippen molar-refractivity contribution in [3.63, 3.8) is 0 Å². The minimum absolute atomic E-state index is 0.136. The molecule has 2 N–H and O–H groups in total. The second-order valence-electron chi connectivity index (χ2n) is 7.23. The van der Waals surface area contributed by atoms with E-state index in [-0.39, 0.29) is 16.7 Å². The van der Waals surface area contributed by atoms with Crippen LogP contribution in [0.5, 0.6) is 0 Å². The van der Waals surface area contributed by atoms with Gasteiger partial charge in [0.15, 0.2) is 0 Å². The highest BCUT2D eigenvalue weighted by molar-refractivity contribution is 7.89. The number of rotatable bonds is 8. The summed E-state index contributed by atoms with van der Waals surface area (Å²) < 4.78 is 29.2. The Labute approximate surface area is 175 Å². The van der Waals surface area contributed by atoms with Crippen molar-refractivity contribution in [3.05, 3.63) is 59.1 Å². The number of thiazole rings is 1. The molecule has 0 fully saturated rings. The van der Waals surface area contributed by atoms with Gasteiger partial charge in [-0.3, -0.25) is 4.79 Å². The van der Waals surface area contributed by atoms with Crippen LogP contribution in [0.2, 0.25) is 0 Å². The van der Waals surface area contributed by atoms with Gasteiger partial charge in [-0.1, -0.05) is 44.2 Å². The van der Waals surface area contributed by atoms with Crippen molar-refractivity contribution in [3.8, 4) is 0 Å². The molecule has 154 valence electrons. The summed E-state index contributed by atoms with van der Waals surface area (Å²) in [5, 5.41) is 3.72. The number of carbonyl (C=O) groups excluding carboxylic acids is 1. The van der Waals surface area contributed by atoms with Crippen LogP contribution in [0.15, 0.2) is 53.4 Å². The third-order valence-electron chi connectivity index (χ3n) is 4.56. The summed E-state index contributed by atoms with van der Waals surface area (Å²) in [6.07, 6.45) is 0.686. The zero-order valence-corrected chi connectivity index (χ0v) is 18.3. The summed E-state index contributed by atoms with van der Waals surface area (Å²) in [5.74, 6) is -0.523. The zero-order chi connectivity index (χ0) is 21.0.